The molecule has 4 nitrogen and oxygen atoms in total. The van der Waals surface area contributed by atoms with Crippen LogP contribution in [0.1, 0.15) is 28.8 Å². The standard InChI is InChI=1S/C19H18F2N2O2/c20-15-7-4-8-16(21)17(15)19(13-22-25)9-11-23(12-10-19)18(24)14-5-2-1-3-6-14/h1-8H,9-13H2. The number of likely N-dealkylation sites (tertiary alicyclic amines) is 1. The van der Waals surface area contributed by atoms with Crippen molar-refractivity contribution in [2.75, 3.05) is 19.6 Å². The lowest BCUT2D eigenvalue weighted by Crippen LogP contribution is -2.47. The van der Waals surface area contributed by atoms with Crippen molar-refractivity contribution in [1.82, 2.24) is 4.90 Å². The maximum absolute atomic E-state index is 14.3. The molecule has 3 rings (SSSR count). The molecule has 2 aromatic rings. The fourth-order valence-electron chi connectivity index (χ4n) is 3.52. The fourth-order valence-corrected chi connectivity index (χ4v) is 3.52. The van der Waals surface area contributed by atoms with E-state index in [1.165, 1.54) is 18.2 Å². The molecule has 0 bridgehead atoms. The summed E-state index contributed by atoms with van der Waals surface area (Å²) < 4.78 is 28.5. The van der Waals surface area contributed by atoms with Crippen molar-refractivity contribution in [1.29, 1.82) is 0 Å². The number of amides is 1. The van der Waals surface area contributed by atoms with Crippen LogP contribution in [0.3, 0.4) is 0 Å². The highest BCUT2D eigenvalue weighted by Gasteiger charge is 2.41. The molecular formula is C19H18F2N2O2. The van der Waals surface area contributed by atoms with Crippen LogP contribution in [0, 0.1) is 16.5 Å². The predicted molar refractivity (Wildman–Crippen MR) is 90.3 cm³/mol. The van der Waals surface area contributed by atoms with Gasteiger partial charge in [0.25, 0.3) is 5.91 Å². The third kappa shape index (κ3) is 3.29. The van der Waals surface area contributed by atoms with Crippen LogP contribution < -0.4 is 0 Å². The molecule has 25 heavy (non-hydrogen) atoms. The van der Waals surface area contributed by atoms with Gasteiger partial charge in [-0.05, 0) is 37.1 Å². The highest BCUT2D eigenvalue weighted by molar-refractivity contribution is 5.94. The number of hydrogen-bond acceptors (Lipinski definition) is 3. The van der Waals surface area contributed by atoms with E-state index >= 15 is 0 Å². The number of hydrogen-bond donors (Lipinski definition) is 0. The van der Waals surface area contributed by atoms with Crippen molar-refractivity contribution in [3.63, 3.8) is 0 Å². The third-order valence-corrected chi connectivity index (χ3v) is 4.89. The molecule has 1 fully saturated rings. The smallest absolute Gasteiger partial charge is 0.253 e. The quantitative estimate of drug-likeness (QED) is 0.790. The van der Waals surface area contributed by atoms with Gasteiger partial charge in [-0.25, -0.2) is 8.78 Å². The van der Waals surface area contributed by atoms with E-state index in [1.54, 1.807) is 29.2 Å². The summed E-state index contributed by atoms with van der Waals surface area (Å²) in [5, 5.41) is 2.93. The summed E-state index contributed by atoms with van der Waals surface area (Å²) in [6.45, 7) is 0.423. The molecule has 0 N–H and O–H groups in total. The molecule has 130 valence electrons. The zero-order valence-corrected chi connectivity index (χ0v) is 13.6. The van der Waals surface area contributed by atoms with Gasteiger partial charge in [0, 0.05) is 29.6 Å². The topological polar surface area (TPSA) is 49.7 Å². The first-order chi connectivity index (χ1) is 12.1. The molecule has 1 amide bonds. The molecule has 1 aliphatic heterocycles. The van der Waals surface area contributed by atoms with Crippen LogP contribution in [0.4, 0.5) is 8.78 Å². The average molecular weight is 344 g/mol. The second-order valence-electron chi connectivity index (χ2n) is 6.32. The number of nitrogens with zero attached hydrogens (tertiary/aromatic N) is 2. The van der Waals surface area contributed by atoms with Crippen LogP contribution in [-0.2, 0) is 5.41 Å². The zero-order chi connectivity index (χ0) is 17.9. The Morgan fingerprint density at radius 1 is 1.00 bits per heavy atom. The highest BCUT2D eigenvalue weighted by atomic mass is 19.1. The van der Waals surface area contributed by atoms with Crippen molar-refractivity contribution >= 4 is 5.91 Å². The van der Waals surface area contributed by atoms with E-state index < -0.39 is 17.0 Å². The van der Waals surface area contributed by atoms with Gasteiger partial charge in [-0.15, -0.1) is 0 Å². The first kappa shape index (κ1) is 17.2. The van der Waals surface area contributed by atoms with Crippen molar-refractivity contribution in [3.8, 4) is 0 Å². The molecule has 2 aromatic carbocycles. The molecule has 0 aromatic heterocycles. The zero-order valence-electron chi connectivity index (χ0n) is 13.6. The number of benzene rings is 2. The van der Waals surface area contributed by atoms with Crippen LogP contribution in [0.2, 0.25) is 0 Å². The van der Waals surface area contributed by atoms with E-state index in [9.17, 15) is 18.5 Å². The maximum Gasteiger partial charge on any atom is 0.253 e. The van der Waals surface area contributed by atoms with Gasteiger partial charge in [0.2, 0.25) is 0 Å². The number of nitroso groups, excluding NO2 is 1. The van der Waals surface area contributed by atoms with Gasteiger partial charge in [-0.3, -0.25) is 4.79 Å². The molecule has 1 heterocycles. The Balaban J connectivity index is 1.84. The summed E-state index contributed by atoms with van der Waals surface area (Å²) in [4.78, 5) is 25.1. The molecule has 0 aliphatic carbocycles. The van der Waals surface area contributed by atoms with Gasteiger partial charge >= 0.3 is 0 Å². The monoisotopic (exact) mass is 344 g/mol. The Kier molecular flexibility index (Phi) is 4.88. The first-order valence-electron chi connectivity index (χ1n) is 8.15. The first-order valence-corrected chi connectivity index (χ1v) is 8.15. The van der Waals surface area contributed by atoms with Crippen LogP contribution >= 0.6 is 0 Å². The van der Waals surface area contributed by atoms with Crippen LogP contribution in [-0.4, -0.2) is 30.4 Å². The number of piperidine rings is 1. The summed E-state index contributed by atoms with van der Waals surface area (Å²) in [6, 6.07) is 12.5. The highest BCUT2D eigenvalue weighted by Crippen LogP contribution is 2.39. The number of halogens is 2. The molecule has 1 saturated heterocycles. The van der Waals surface area contributed by atoms with E-state index in [-0.39, 0.29) is 30.9 Å². The summed E-state index contributed by atoms with van der Waals surface area (Å²) >= 11 is 0. The molecule has 0 atom stereocenters. The summed E-state index contributed by atoms with van der Waals surface area (Å²) in [5.41, 5.74) is -0.535. The van der Waals surface area contributed by atoms with E-state index in [4.69, 9.17) is 0 Å². The molecular weight excluding hydrogens is 326 g/mol. The number of carbonyl (C=O) groups excluding carboxylic acids is 1. The summed E-state index contributed by atoms with van der Waals surface area (Å²) in [5.74, 6) is -1.47. The summed E-state index contributed by atoms with van der Waals surface area (Å²) in [7, 11) is 0. The maximum atomic E-state index is 14.3. The minimum atomic E-state index is -1.01. The lowest BCUT2D eigenvalue weighted by atomic mass is 9.72. The van der Waals surface area contributed by atoms with Crippen LogP contribution in [0.25, 0.3) is 0 Å². The molecule has 0 radical (unpaired) electrons. The molecule has 6 heteroatoms. The second kappa shape index (κ2) is 7.09. The largest absolute Gasteiger partial charge is 0.339 e. The van der Waals surface area contributed by atoms with Gasteiger partial charge in [-0.1, -0.05) is 29.4 Å². The Morgan fingerprint density at radius 3 is 2.16 bits per heavy atom. The Morgan fingerprint density at radius 2 is 1.60 bits per heavy atom. The third-order valence-electron chi connectivity index (χ3n) is 4.89. The number of carbonyl (C=O) groups is 1. The summed E-state index contributed by atoms with van der Waals surface area (Å²) in [6.07, 6.45) is 0.574. The van der Waals surface area contributed by atoms with Gasteiger partial charge in [0.15, 0.2) is 0 Å². The fraction of sp³-hybridized carbons (Fsp3) is 0.316. The lowest BCUT2D eigenvalue weighted by Gasteiger charge is -2.41. The predicted octanol–water partition coefficient (Wildman–Crippen LogP) is 3.91. The van der Waals surface area contributed by atoms with E-state index in [2.05, 4.69) is 5.18 Å². The molecule has 0 spiro atoms. The normalized spacial score (nSPS) is 16.5. The van der Waals surface area contributed by atoms with Gasteiger partial charge < -0.3 is 4.90 Å². The average Bonchev–Trinajstić information content (AvgIpc) is 2.63. The minimum Gasteiger partial charge on any atom is -0.339 e. The van der Waals surface area contributed by atoms with Crippen molar-refractivity contribution < 1.29 is 13.6 Å². The minimum absolute atomic E-state index is 0.0959. The van der Waals surface area contributed by atoms with Gasteiger partial charge in [0.05, 0.1) is 6.54 Å². The van der Waals surface area contributed by atoms with Gasteiger partial charge in [-0.2, -0.15) is 4.91 Å². The van der Waals surface area contributed by atoms with E-state index in [1.807, 2.05) is 6.07 Å². The van der Waals surface area contributed by atoms with Crippen molar-refractivity contribution in [2.45, 2.75) is 18.3 Å². The van der Waals surface area contributed by atoms with E-state index in [0.29, 0.717) is 18.7 Å². The Labute approximate surface area is 144 Å². The number of rotatable bonds is 4. The van der Waals surface area contributed by atoms with E-state index in [0.717, 1.165) is 0 Å². The van der Waals surface area contributed by atoms with Gasteiger partial charge in [0.1, 0.15) is 11.6 Å². The second-order valence-corrected chi connectivity index (χ2v) is 6.32. The lowest BCUT2D eigenvalue weighted by molar-refractivity contribution is 0.0666. The van der Waals surface area contributed by atoms with Crippen LogP contribution in [0.5, 0.6) is 0 Å². The molecule has 0 unspecified atom stereocenters. The van der Waals surface area contributed by atoms with Crippen LogP contribution in [0.15, 0.2) is 53.7 Å². The Bertz CT molecular complexity index is 752. The Hall–Kier alpha value is -2.63. The van der Waals surface area contributed by atoms with Crippen molar-refractivity contribution in [3.05, 3.63) is 76.2 Å². The molecule has 1 aliphatic rings. The molecule has 0 saturated carbocycles. The van der Waals surface area contributed by atoms with Crippen molar-refractivity contribution in [2.24, 2.45) is 5.18 Å². The SMILES string of the molecule is O=NCC1(c2c(F)cccc2F)CCN(C(=O)c2ccccc2)CC1.